The van der Waals surface area contributed by atoms with Crippen LogP contribution in [0.2, 0.25) is 0 Å². The van der Waals surface area contributed by atoms with Crippen molar-refractivity contribution in [2.24, 2.45) is 5.92 Å². The summed E-state index contributed by atoms with van der Waals surface area (Å²) in [5.41, 5.74) is 0. The summed E-state index contributed by atoms with van der Waals surface area (Å²) in [6.07, 6.45) is 6.96. The van der Waals surface area contributed by atoms with E-state index in [0.717, 1.165) is 18.8 Å². The molecule has 0 aromatic rings. The van der Waals surface area contributed by atoms with Gasteiger partial charge >= 0.3 is 0 Å². The number of rotatable bonds is 8. The van der Waals surface area contributed by atoms with E-state index in [1.54, 1.807) is 0 Å². The molecule has 0 atom stereocenters. The Morgan fingerprint density at radius 2 is 1.46 bits per heavy atom. The lowest BCUT2D eigenvalue weighted by Gasteiger charge is -2.03. The Morgan fingerprint density at radius 1 is 0.923 bits per heavy atom. The first-order valence-corrected chi connectivity index (χ1v) is 6.61. The molecule has 0 aromatic carbocycles. The van der Waals surface area contributed by atoms with Crippen molar-refractivity contribution < 1.29 is 8.42 Å². The molecule has 0 saturated heterocycles. The molecular formula is C10H22O2S. The van der Waals surface area contributed by atoms with E-state index in [0.29, 0.717) is 5.75 Å². The minimum atomic E-state index is -2.14. The third-order valence-corrected chi connectivity index (χ3v) is 2.80. The summed E-state index contributed by atoms with van der Waals surface area (Å²) in [6, 6.07) is 0. The van der Waals surface area contributed by atoms with Gasteiger partial charge in [0.2, 0.25) is 0 Å². The zero-order valence-electron chi connectivity index (χ0n) is 8.79. The maximum absolute atomic E-state index is 10.2. The van der Waals surface area contributed by atoms with Gasteiger partial charge in [0, 0.05) is 5.75 Å². The van der Waals surface area contributed by atoms with Crippen LogP contribution in [0.25, 0.3) is 0 Å². The quantitative estimate of drug-likeness (QED) is 0.489. The van der Waals surface area contributed by atoms with E-state index in [9.17, 15) is 8.42 Å². The lowest BCUT2D eigenvalue weighted by atomic mass is 10.0. The monoisotopic (exact) mass is 206 g/mol. The highest BCUT2D eigenvalue weighted by atomic mass is 32.2. The van der Waals surface area contributed by atoms with E-state index in [1.807, 2.05) is 0 Å². The van der Waals surface area contributed by atoms with E-state index in [2.05, 4.69) is 13.8 Å². The molecule has 0 aromatic heterocycles. The molecule has 0 aliphatic heterocycles. The Balaban J connectivity index is 3.00. The SMILES string of the molecule is CC(C)CCCCCCC[SH](=O)=O. The van der Waals surface area contributed by atoms with Gasteiger partial charge in [-0.2, -0.15) is 0 Å². The molecule has 0 rings (SSSR count). The number of thiol groups is 1. The van der Waals surface area contributed by atoms with E-state index in [4.69, 9.17) is 0 Å². The van der Waals surface area contributed by atoms with Crippen LogP contribution in [0.3, 0.4) is 0 Å². The van der Waals surface area contributed by atoms with Crippen molar-refractivity contribution in [3.05, 3.63) is 0 Å². The van der Waals surface area contributed by atoms with Gasteiger partial charge in [-0.1, -0.05) is 46.0 Å². The third kappa shape index (κ3) is 12.0. The molecule has 0 spiro atoms. The Kier molecular flexibility index (Phi) is 8.51. The van der Waals surface area contributed by atoms with E-state index >= 15 is 0 Å². The topological polar surface area (TPSA) is 34.1 Å². The van der Waals surface area contributed by atoms with E-state index in [1.165, 1.54) is 25.7 Å². The standard InChI is InChI=1S/C10H22O2S/c1-10(2)8-6-4-3-5-7-9-13(11)12/h10,13H,3-9H2,1-2H3. The van der Waals surface area contributed by atoms with Crippen molar-refractivity contribution in [3.8, 4) is 0 Å². The maximum Gasteiger partial charge on any atom is 0.140 e. The molecule has 0 N–H and O–H groups in total. The molecule has 80 valence electrons. The average molecular weight is 206 g/mol. The molecule has 0 aliphatic carbocycles. The molecular weight excluding hydrogens is 184 g/mol. The Bertz CT molecular complexity index is 166. The molecule has 0 fully saturated rings. The second-order valence-electron chi connectivity index (χ2n) is 4.01. The minimum Gasteiger partial charge on any atom is -0.232 e. The van der Waals surface area contributed by atoms with Gasteiger partial charge in [0.1, 0.15) is 10.7 Å². The van der Waals surface area contributed by atoms with E-state index < -0.39 is 10.7 Å². The van der Waals surface area contributed by atoms with Gasteiger partial charge in [0.25, 0.3) is 0 Å². The normalized spacial score (nSPS) is 11.4. The van der Waals surface area contributed by atoms with Crippen LogP contribution in [0.1, 0.15) is 52.4 Å². The first-order valence-electron chi connectivity index (χ1n) is 5.24. The van der Waals surface area contributed by atoms with Gasteiger partial charge in [-0.3, -0.25) is 0 Å². The fourth-order valence-electron chi connectivity index (χ4n) is 1.32. The largest absolute Gasteiger partial charge is 0.232 e. The van der Waals surface area contributed by atoms with Gasteiger partial charge in [-0.15, -0.1) is 0 Å². The highest BCUT2D eigenvalue weighted by Gasteiger charge is 1.94. The minimum absolute atomic E-state index is 0.375. The Morgan fingerprint density at radius 3 is 2.00 bits per heavy atom. The number of hydrogen-bond donors (Lipinski definition) is 1. The van der Waals surface area contributed by atoms with Crippen molar-refractivity contribution in [3.63, 3.8) is 0 Å². The van der Waals surface area contributed by atoms with Gasteiger partial charge in [0.15, 0.2) is 0 Å². The van der Waals surface area contributed by atoms with Gasteiger partial charge in [-0.05, 0) is 12.3 Å². The van der Waals surface area contributed by atoms with Crippen LogP contribution in [0, 0.1) is 5.92 Å². The predicted molar refractivity (Wildman–Crippen MR) is 57.7 cm³/mol. The van der Waals surface area contributed by atoms with Crippen LogP contribution in [0.15, 0.2) is 0 Å². The molecule has 2 nitrogen and oxygen atoms in total. The Labute approximate surface area is 83.7 Å². The molecule has 0 unspecified atom stereocenters. The van der Waals surface area contributed by atoms with Crippen LogP contribution >= 0.6 is 0 Å². The van der Waals surface area contributed by atoms with Crippen LogP contribution < -0.4 is 0 Å². The van der Waals surface area contributed by atoms with Gasteiger partial charge in [-0.25, -0.2) is 8.42 Å². The molecule has 0 saturated carbocycles. The number of unbranched alkanes of at least 4 members (excludes halogenated alkanes) is 4. The Hall–Kier alpha value is -0.0500. The molecule has 0 heterocycles. The van der Waals surface area contributed by atoms with Gasteiger partial charge < -0.3 is 0 Å². The van der Waals surface area contributed by atoms with Crippen molar-refractivity contribution in [2.75, 3.05) is 5.75 Å². The molecule has 0 aliphatic rings. The highest BCUT2D eigenvalue weighted by Crippen LogP contribution is 2.10. The zero-order valence-corrected chi connectivity index (χ0v) is 9.69. The third-order valence-electron chi connectivity index (χ3n) is 2.12. The summed E-state index contributed by atoms with van der Waals surface area (Å²) in [6.45, 7) is 4.48. The summed E-state index contributed by atoms with van der Waals surface area (Å²) >= 11 is 0. The molecule has 0 bridgehead atoms. The van der Waals surface area contributed by atoms with Crippen molar-refractivity contribution in [1.29, 1.82) is 0 Å². The first-order chi connectivity index (χ1) is 6.13. The summed E-state index contributed by atoms with van der Waals surface area (Å²) in [7, 11) is -2.14. The predicted octanol–water partition coefficient (Wildman–Crippen LogP) is 2.59. The molecule has 3 heteroatoms. The summed E-state index contributed by atoms with van der Waals surface area (Å²) in [5.74, 6) is 1.18. The fourth-order valence-corrected chi connectivity index (χ4v) is 1.81. The fraction of sp³-hybridized carbons (Fsp3) is 1.00. The summed E-state index contributed by atoms with van der Waals surface area (Å²) < 4.78 is 20.4. The average Bonchev–Trinajstić information content (AvgIpc) is 2.01. The smallest absolute Gasteiger partial charge is 0.140 e. The van der Waals surface area contributed by atoms with Crippen LogP contribution in [-0.4, -0.2) is 14.2 Å². The molecule has 0 amide bonds. The molecule has 0 radical (unpaired) electrons. The summed E-state index contributed by atoms with van der Waals surface area (Å²) in [4.78, 5) is 0. The highest BCUT2D eigenvalue weighted by molar-refractivity contribution is 7.72. The van der Waals surface area contributed by atoms with Crippen molar-refractivity contribution >= 4 is 10.7 Å². The first kappa shape index (κ1) is 12.9. The zero-order chi connectivity index (χ0) is 10.1. The van der Waals surface area contributed by atoms with E-state index in [-0.39, 0.29) is 0 Å². The van der Waals surface area contributed by atoms with Crippen LogP contribution in [0.5, 0.6) is 0 Å². The van der Waals surface area contributed by atoms with Crippen molar-refractivity contribution in [2.45, 2.75) is 52.4 Å². The van der Waals surface area contributed by atoms with Gasteiger partial charge in [0.05, 0.1) is 0 Å². The lowest BCUT2D eigenvalue weighted by molar-refractivity contribution is 0.518. The number of hydrogen-bond acceptors (Lipinski definition) is 2. The van der Waals surface area contributed by atoms with Crippen LogP contribution in [0.4, 0.5) is 0 Å². The second kappa shape index (κ2) is 8.54. The van der Waals surface area contributed by atoms with Crippen LogP contribution in [-0.2, 0) is 10.7 Å². The molecule has 13 heavy (non-hydrogen) atoms. The summed E-state index contributed by atoms with van der Waals surface area (Å²) in [5, 5.41) is 0. The lowest BCUT2D eigenvalue weighted by Crippen LogP contribution is -1.89. The maximum atomic E-state index is 10.2. The van der Waals surface area contributed by atoms with Crippen molar-refractivity contribution in [1.82, 2.24) is 0 Å². The second-order valence-corrected chi connectivity index (χ2v) is 5.12.